The van der Waals surface area contributed by atoms with Gasteiger partial charge in [-0.15, -0.1) is 0 Å². The van der Waals surface area contributed by atoms with Crippen molar-refractivity contribution in [3.05, 3.63) is 30.1 Å². The Morgan fingerprint density at radius 3 is 2.81 bits per heavy atom. The molecule has 1 aliphatic heterocycles. The Bertz CT molecular complexity index is 391. The van der Waals surface area contributed by atoms with Gasteiger partial charge in [0.2, 0.25) is 0 Å². The number of anilines is 1. The Morgan fingerprint density at radius 1 is 1.50 bits per heavy atom. The molecule has 1 heterocycles. The van der Waals surface area contributed by atoms with E-state index in [0.717, 1.165) is 0 Å². The largest absolute Gasteiger partial charge is 0.330 e. The third-order valence-electron chi connectivity index (χ3n) is 2.69. The highest BCUT2D eigenvalue weighted by Crippen LogP contribution is 2.17. The highest BCUT2D eigenvalue weighted by Gasteiger charge is 2.29. The summed E-state index contributed by atoms with van der Waals surface area (Å²) in [6, 6.07) is 5.84. The number of carbonyl (C=O) groups is 1. The van der Waals surface area contributed by atoms with E-state index in [1.54, 1.807) is 17.0 Å². The second kappa shape index (κ2) is 4.49. The first kappa shape index (κ1) is 10.9. The fraction of sp³-hybridized carbons (Fsp3) is 0.364. The molecular weight excluding hydrogens is 209 g/mol. The van der Waals surface area contributed by atoms with Gasteiger partial charge in [0.25, 0.3) is 0 Å². The molecule has 16 heavy (non-hydrogen) atoms. The maximum Gasteiger partial charge on any atom is 0.321 e. The summed E-state index contributed by atoms with van der Waals surface area (Å²) >= 11 is 0. The molecular formula is C11H14FN3O. The Hall–Kier alpha value is -1.62. The molecule has 0 bridgehead atoms. The normalized spacial score (nSPS) is 15.8. The van der Waals surface area contributed by atoms with Crippen LogP contribution in [0.4, 0.5) is 14.9 Å². The van der Waals surface area contributed by atoms with Crippen LogP contribution in [-0.2, 0) is 0 Å². The minimum atomic E-state index is -0.424. The number of likely N-dealkylation sites (tertiary alicyclic amines) is 1. The van der Waals surface area contributed by atoms with E-state index in [2.05, 4.69) is 5.32 Å². The molecule has 1 aromatic rings. The lowest BCUT2D eigenvalue weighted by atomic mass is 10.0. The molecule has 2 rings (SSSR count). The van der Waals surface area contributed by atoms with E-state index in [1.165, 1.54) is 12.1 Å². The van der Waals surface area contributed by atoms with Gasteiger partial charge in [-0.2, -0.15) is 0 Å². The average Bonchev–Trinajstić information content (AvgIpc) is 2.20. The van der Waals surface area contributed by atoms with Crippen molar-refractivity contribution in [3.63, 3.8) is 0 Å². The summed E-state index contributed by atoms with van der Waals surface area (Å²) in [4.78, 5) is 13.2. The molecule has 0 saturated carbocycles. The van der Waals surface area contributed by atoms with E-state index in [4.69, 9.17) is 5.73 Å². The fourth-order valence-corrected chi connectivity index (χ4v) is 1.64. The van der Waals surface area contributed by atoms with E-state index >= 15 is 0 Å². The van der Waals surface area contributed by atoms with Gasteiger partial charge in [0.1, 0.15) is 5.82 Å². The predicted octanol–water partition coefficient (Wildman–Crippen LogP) is 1.25. The molecule has 0 spiro atoms. The van der Waals surface area contributed by atoms with Crippen LogP contribution in [0, 0.1) is 11.7 Å². The number of nitrogens with one attached hydrogen (secondary N) is 1. The monoisotopic (exact) mass is 223 g/mol. The van der Waals surface area contributed by atoms with Gasteiger partial charge in [-0.1, -0.05) is 12.1 Å². The zero-order valence-electron chi connectivity index (χ0n) is 8.82. The van der Waals surface area contributed by atoms with Gasteiger partial charge in [0, 0.05) is 19.0 Å². The highest BCUT2D eigenvalue weighted by molar-refractivity contribution is 5.89. The van der Waals surface area contributed by atoms with Crippen LogP contribution in [0.3, 0.4) is 0 Å². The number of urea groups is 1. The number of benzene rings is 1. The van der Waals surface area contributed by atoms with Crippen LogP contribution in [0.5, 0.6) is 0 Å². The van der Waals surface area contributed by atoms with Crippen LogP contribution in [0.2, 0.25) is 0 Å². The van der Waals surface area contributed by atoms with Crippen LogP contribution in [0.15, 0.2) is 24.3 Å². The molecule has 1 fully saturated rings. The van der Waals surface area contributed by atoms with Crippen LogP contribution in [-0.4, -0.2) is 30.6 Å². The maximum absolute atomic E-state index is 13.2. The second-order valence-corrected chi connectivity index (χ2v) is 3.92. The topological polar surface area (TPSA) is 58.4 Å². The Morgan fingerprint density at radius 2 is 2.19 bits per heavy atom. The van der Waals surface area contributed by atoms with E-state index in [-0.39, 0.29) is 11.7 Å². The summed E-state index contributed by atoms with van der Waals surface area (Å²) in [6.45, 7) is 1.89. The molecule has 86 valence electrons. The summed E-state index contributed by atoms with van der Waals surface area (Å²) in [7, 11) is 0. The molecule has 5 heteroatoms. The third-order valence-corrected chi connectivity index (χ3v) is 2.69. The average molecular weight is 223 g/mol. The first-order chi connectivity index (χ1) is 7.70. The van der Waals surface area contributed by atoms with Crippen molar-refractivity contribution >= 4 is 11.7 Å². The van der Waals surface area contributed by atoms with Gasteiger partial charge >= 0.3 is 6.03 Å². The van der Waals surface area contributed by atoms with Crippen molar-refractivity contribution < 1.29 is 9.18 Å². The second-order valence-electron chi connectivity index (χ2n) is 3.92. The molecule has 0 aliphatic carbocycles. The summed E-state index contributed by atoms with van der Waals surface area (Å²) in [5.74, 6) is -0.0434. The third kappa shape index (κ3) is 2.14. The molecule has 1 saturated heterocycles. The molecule has 2 amide bonds. The lowest BCUT2D eigenvalue weighted by Crippen LogP contribution is -2.54. The fourth-order valence-electron chi connectivity index (χ4n) is 1.64. The van der Waals surface area contributed by atoms with E-state index in [1.807, 2.05) is 0 Å². The van der Waals surface area contributed by atoms with Crippen LogP contribution in [0.25, 0.3) is 0 Å². The summed E-state index contributed by atoms with van der Waals surface area (Å²) in [6.07, 6.45) is 0. The van der Waals surface area contributed by atoms with Crippen LogP contribution < -0.4 is 11.1 Å². The molecule has 1 aromatic carbocycles. The number of para-hydroxylation sites is 1. The van der Waals surface area contributed by atoms with Gasteiger partial charge in [-0.25, -0.2) is 9.18 Å². The molecule has 0 atom stereocenters. The first-order valence-corrected chi connectivity index (χ1v) is 5.21. The Labute approximate surface area is 93.2 Å². The van der Waals surface area contributed by atoms with Gasteiger partial charge < -0.3 is 16.0 Å². The number of hydrogen-bond donors (Lipinski definition) is 2. The van der Waals surface area contributed by atoms with E-state index in [0.29, 0.717) is 25.6 Å². The van der Waals surface area contributed by atoms with E-state index in [9.17, 15) is 9.18 Å². The standard InChI is InChI=1S/C11H14FN3O/c12-9-3-1-2-4-10(9)14-11(16)15-6-8(5-13)7-15/h1-4,8H,5-7,13H2,(H,14,16). The zero-order chi connectivity index (χ0) is 11.5. The Kier molecular flexibility index (Phi) is 3.05. The van der Waals surface area contributed by atoms with Gasteiger partial charge in [0.05, 0.1) is 5.69 Å². The lowest BCUT2D eigenvalue weighted by Gasteiger charge is -2.38. The number of hydrogen-bond acceptors (Lipinski definition) is 2. The van der Waals surface area contributed by atoms with Gasteiger partial charge in [-0.05, 0) is 18.7 Å². The maximum atomic E-state index is 13.2. The summed E-state index contributed by atoms with van der Waals surface area (Å²) in [5, 5.41) is 2.53. The van der Waals surface area contributed by atoms with Crippen molar-refractivity contribution in [3.8, 4) is 0 Å². The molecule has 0 radical (unpaired) electrons. The predicted molar refractivity (Wildman–Crippen MR) is 59.5 cm³/mol. The molecule has 4 nitrogen and oxygen atoms in total. The number of nitrogens with zero attached hydrogens (tertiary/aromatic N) is 1. The first-order valence-electron chi connectivity index (χ1n) is 5.21. The van der Waals surface area contributed by atoms with Gasteiger partial charge in [0.15, 0.2) is 0 Å². The number of rotatable bonds is 2. The number of amides is 2. The molecule has 3 N–H and O–H groups in total. The smallest absolute Gasteiger partial charge is 0.321 e. The van der Waals surface area contributed by atoms with E-state index < -0.39 is 5.82 Å². The quantitative estimate of drug-likeness (QED) is 0.792. The lowest BCUT2D eigenvalue weighted by molar-refractivity contribution is 0.135. The Balaban J connectivity index is 1.91. The van der Waals surface area contributed by atoms with Crippen molar-refractivity contribution in [2.75, 3.05) is 25.0 Å². The summed E-state index contributed by atoms with van der Waals surface area (Å²) < 4.78 is 13.2. The van der Waals surface area contributed by atoms with Crippen LogP contribution in [0.1, 0.15) is 0 Å². The van der Waals surface area contributed by atoms with Crippen LogP contribution >= 0.6 is 0 Å². The number of halogens is 1. The highest BCUT2D eigenvalue weighted by atomic mass is 19.1. The zero-order valence-corrected chi connectivity index (χ0v) is 8.82. The van der Waals surface area contributed by atoms with Crippen molar-refractivity contribution in [1.82, 2.24) is 4.90 Å². The molecule has 0 unspecified atom stereocenters. The minimum Gasteiger partial charge on any atom is -0.330 e. The molecule has 0 aromatic heterocycles. The van der Waals surface area contributed by atoms with Gasteiger partial charge in [-0.3, -0.25) is 0 Å². The van der Waals surface area contributed by atoms with Crippen molar-refractivity contribution in [2.45, 2.75) is 0 Å². The minimum absolute atomic E-state index is 0.212. The van der Waals surface area contributed by atoms with Crippen molar-refractivity contribution in [2.24, 2.45) is 11.7 Å². The molecule has 1 aliphatic rings. The number of nitrogens with two attached hydrogens (primary N) is 1. The summed E-state index contributed by atoms with van der Waals surface area (Å²) in [5.41, 5.74) is 5.67. The van der Waals surface area contributed by atoms with Crippen molar-refractivity contribution in [1.29, 1.82) is 0 Å². The SMILES string of the molecule is NCC1CN(C(=O)Nc2ccccc2F)C1. The number of carbonyl (C=O) groups excluding carboxylic acids is 1.